The summed E-state index contributed by atoms with van der Waals surface area (Å²) in [7, 11) is 0. The van der Waals surface area contributed by atoms with Gasteiger partial charge in [0.2, 0.25) is 0 Å². The number of halogens is 1. The number of rotatable bonds is 2. The molecule has 1 N–H and O–H groups in total. The van der Waals surface area contributed by atoms with E-state index in [0.717, 1.165) is 38.4 Å². The molecule has 108 valence electrons. The third kappa shape index (κ3) is 4.37. The van der Waals surface area contributed by atoms with E-state index < -0.39 is 0 Å². The Kier molecular flexibility index (Phi) is 5.65. The molecule has 0 amide bonds. The Balaban J connectivity index is 0.00000180. The van der Waals surface area contributed by atoms with Gasteiger partial charge in [-0.05, 0) is 17.0 Å². The SMILES string of the molecule is CC(C)(C)c1ccc(O)c(CN2CCOCC2)c1.Cl. The summed E-state index contributed by atoms with van der Waals surface area (Å²) in [6.07, 6.45) is 0. The number of aromatic hydroxyl groups is 1. The van der Waals surface area contributed by atoms with Crippen molar-refractivity contribution in [1.82, 2.24) is 4.90 Å². The average Bonchev–Trinajstić information content (AvgIpc) is 2.32. The molecule has 1 saturated heterocycles. The maximum Gasteiger partial charge on any atom is 0.120 e. The van der Waals surface area contributed by atoms with Gasteiger partial charge >= 0.3 is 0 Å². The lowest BCUT2D eigenvalue weighted by Crippen LogP contribution is -2.35. The van der Waals surface area contributed by atoms with Gasteiger partial charge < -0.3 is 9.84 Å². The highest BCUT2D eigenvalue weighted by Gasteiger charge is 2.17. The van der Waals surface area contributed by atoms with Crippen molar-refractivity contribution >= 4 is 12.4 Å². The van der Waals surface area contributed by atoms with E-state index >= 15 is 0 Å². The Labute approximate surface area is 122 Å². The highest BCUT2D eigenvalue weighted by molar-refractivity contribution is 5.85. The normalized spacial score (nSPS) is 17.0. The minimum Gasteiger partial charge on any atom is -0.508 e. The van der Waals surface area contributed by atoms with Gasteiger partial charge in [0, 0.05) is 25.2 Å². The van der Waals surface area contributed by atoms with Gasteiger partial charge in [-0.1, -0.05) is 32.9 Å². The zero-order valence-electron chi connectivity index (χ0n) is 12.0. The second-order valence-electron chi connectivity index (χ2n) is 5.98. The zero-order valence-corrected chi connectivity index (χ0v) is 12.8. The van der Waals surface area contributed by atoms with Crippen molar-refractivity contribution in [2.75, 3.05) is 26.3 Å². The van der Waals surface area contributed by atoms with Crippen molar-refractivity contribution in [2.45, 2.75) is 32.7 Å². The molecule has 1 aromatic rings. The number of morpholine rings is 1. The molecule has 3 nitrogen and oxygen atoms in total. The van der Waals surface area contributed by atoms with Crippen molar-refractivity contribution in [1.29, 1.82) is 0 Å². The Hall–Kier alpha value is -0.770. The van der Waals surface area contributed by atoms with Crippen molar-refractivity contribution in [3.63, 3.8) is 0 Å². The van der Waals surface area contributed by atoms with Crippen LogP contribution in [0.4, 0.5) is 0 Å². The van der Waals surface area contributed by atoms with Crippen molar-refractivity contribution in [3.05, 3.63) is 29.3 Å². The second kappa shape index (κ2) is 6.60. The van der Waals surface area contributed by atoms with Crippen LogP contribution in [0.5, 0.6) is 5.75 Å². The standard InChI is InChI=1S/C15H23NO2.ClH/c1-15(2,3)13-4-5-14(17)12(10-13)11-16-6-8-18-9-7-16;/h4-5,10,17H,6-9,11H2,1-3H3;1H. The third-order valence-corrected chi connectivity index (χ3v) is 3.44. The summed E-state index contributed by atoms with van der Waals surface area (Å²) >= 11 is 0. The third-order valence-electron chi connectivity index (χ3n) is 3.44. The first-order chi connectivity index (χ1) is 8.47. The smallest absolute Gasteiger partial charge is 0.120 e. The van der Waals surface area contributed by atoms with Crippen molar-refractivity contribution in [3.8, 4) is 5.75 Å². The lowest BCUT2D eigenvalue weighted by Gasteiger charge is -2.27. The molecule has 1 aromatic carbocycles. The molecule has 1 fully saturated rings. The van der Waals surface area contributed by atoms with Gasteiger partial charge in [-0.25, -0.2) is 0 Å². The molecule has 1 aliphatic heterocycles. The van der Waals surface area contributed by atoms with E-state index in [1.807, 2.05) is 12.1 Å². The van der Waals surface area contributed by atoms with E-state index in [9.17, 15) is 5.11 Å². The van der Waals surface area contributed by atoms with Crippen molar-refractivity contribution < 1.29 is 9.84 Å². The van der Waals surface area contributed by atoms with E-state index in [1.54, 1.807) is 0 Å². The summed E-state index contributed by atoms with van der Waals surface area (Å²) in [5.74, 6) is 0.398. The highest BCUT2D eigenvalue weighted by atomic mass is 35.5. The lowest BCUT2D eigenvalue weighted by molar-refractivity contribution is 0.0338. The lowest BCUT2D eigenvalue weighted by atomic mass is 9.86. The fraction of sp³-hybridized carbons (Fsp3) is 0.600. The molecule has 0 unspecified atom stereocenters. The molecule has 0 saturated carbocycles. The predicted octanol–water partition coefficient (Wildman–Crippen LogP) is 2.94. The predicted molar refractivity (Wildman–Crippen MR) is 80.2 cm³/mol. The van der Waals surface area contributed by atoms with Gasteiger partial charge in [0.25, 0.3) is 0 Å². The van der Waals surface area contributed by atoms with Crippen LogP contribution in [0.25, 0.3) is 0 Å². The molecule has 0 aromatic heterocycles. The van der Waals surface area contributed by atoms with E-state index in [0.29, 0.717) is 5.75 Å². The number of nitrogens with zero attached hydrogens (tertiary/aromatic N) is 1. The van der Waals surface area contributed by atoms with Crippen LogP contribution < -0.4 is 0 Å². The first kappa shape index (κ1) is 16.3. The summed E-state index contributed by atoms with van der Waals surface area (Å²) in [5.41, 5.74) is 2.40. The molecule has 1 heterocycles. The van der Waals surface area contributed by atoms with E-state index in [4.69, 9.17) is 4.74 Å². The van der Waals surface area contributed by atoms with Gasteiger partial charge in [-0.3, -0.25) is 4.90 Å². The summed E-state index contributed by atoms with van der Waals surface area (Å²) < 4.78 is 5.34. The van der Waals surface area contributed by atoms with Gasteiger partial charge in [-0.2, -0.15) is 0 Å². The molecule has 0 bridgehead atoms. The molecular weight excluding hydrogens is 262 g/mol. The first-order valence-corrected chi connectivity index (χ1v) is 6.59. The topological polar surface area (TPSA) is 32.7 Å². The van der Waals surface area contributed by atoms with Crippen LogP contribution >= 0.6 is 12.4 Å². The Bertz CT molecular complexity index is 409. The largest absolute Gasteiger partial charge is 0.508 e. The van der Waals surface area contributed by atoms with Crippen LogP contribution in [0.2, 0.25) is 0 Å². The Morgan fingerprint density at radius 1 is 1.21 bits per heavy atom. The molecule has 2 rings (SSSR count). The maximum absolute atomic E-state index is 9.97. The minimum atomic E-state index is 0. The fourth-order valence-electron chi connectivity index (χ4n) is 2.18. The summed E-state index contributed by atoms with van der Waals surface area (Å²) in [6, 6.07) is 5.96. The quantitative estimate of drug-likeness (QED) is 0.907. The summed E-state index contributed by atoms with van der Waals surface area (Å²) in [6.45, 7) is 10.9. The van der Waals surface area contributed by atoms with Crippen molar-refractivity contribution in [2.24, 2.45) is 0 Å². The van der Waals surface area contributed by atoms with Crippen LogP contribution in [0.3, 0.4) is 0 Å². The zero-order chi connectivity index (χ0) is 13.2. The Morgan fingerprint density at radius 3 is 2.42 bits per heavy atom. The first-order valence-electron chi connectivity index (χ1n) is 6.59. The van der Waals surface area contributed by atoms with Crippen LogP contribution in [0.15, 0.2) is 18.2 Å². The monoisotopic (exact) mass is 285 g/mol. The van der Waals surface area contributed by atoms with Gasteiger partial charge in [0.15, 0.2) is 0 Å². The van der Waals surface area contributed by atoms with Gasteiger partial charge in [0.1, 0.15) is 5.75 Å². The molecule has 4 heteroatoms. The van der Waals surface area contributed by atoms with Crippen LogP contribution in [0.1, 0.15) is 31.9 Å². The van der Waals surface area contributed by atoms with Crippen LogP contribution in [-0.2, 0) is 16.7 Å². The fourth-order valence-corrected chi connectivity index (χ4v) is 2.18. The molecule has 1 aliphatic rings. The molecule has 0 aliphatic carbocycles. The van der Waals surface area contributed by atoms with E-state index in [2.05, 4.69) is 31.7 Å². The van der Waals surface area contributed by atoms with Crippen LogP contribution in [0, 0.1) is 0 Å². The number of benzene rings is 1. The molecule has 19 heavy (non-hydrogen) atoms. The number of ether oxygens (including phenoxy) is 1. The number of hydrogen-bond acceptors (Lipinski definition) is 3. The van der Waals surface area contributed by atoms with E-state index in [1.165, 1.54) is 5.56 Å². The Morgan fingerprint density at radius 2 is 1.84 bits per heavy atom. The van der Waals surface area contributed by atoms with E-state index in [-0.39, 0.29) is 17.8 Å². The summed E-state index contributed by atoms with van der Waals surface area (Å²) in [4.78, 5) is 2.32. The highest BCUT2D eigenvalue weighted by Crippen LogP contribution is 2.28. The number of phenolic OH excluding ortho intramolecular Hbond substituents is 1. The number of hydrogen-bond donors (Lipinski definition) is 1. The molecule has 0 atom stereocenters. The van der Waals surface area contributed by atoms with Gasteiger partial charge in [0.05, 0.1) is 13.2 Å². The minimum absolute atomic E-state index is 0. The number of phenols is 1. The van der Waals surface area contributed by atoms with Crippen LogP contribution in [-0.4, -0.2) is 36.3 Å². The molecule has 0 spiro atoms. The summed E-state index contributed by atoms with van der Waals surface area (Å²) in [5, 5.41) is 9.97. The van der Waals surface area contributed by atoms with Gasteiger partial charge in [-0.15, -0.1) is 12.4 Å². The maximum atomic E-state index is 9.97. The average molecular weight is 286 g/mol. The second-order valence-corrected chi connectivity index (χ2v) is 5.98. The molecule has 0 radical (unpaired) electrons. The molecular formula is C15H24ClNO2.